The predicted molar refractivity (Wildman–Crippen MR) is 86.1 cm³/mol. The third-order valence-electron chi connectivity index (χ3n) is 3.92. The smallest absolute Gasteiger partial charge is 0.244 e. The van der Waals surface area contributed by atoms with E-state index in [1.165, 1.54) is 12.1 Å². The molecule has 5 heteroatoms. The summed E-state index contributed by atoms with van der Waals surface area (Å²) in [5, 5.41) is 0. The van der Waals surface area contributed by atoms with Crippen LogP contribution in [0.2, 0.25) is 0 Å². The van der Waals surface area contributed by atoms with Gasteiger partial charge >= 0.3 is 0 Å². The molecule has 1 atom stereocenters. The second-order valence-electron chi connectivity index (χ2n) is 5.31. The molecule has 1 aliphatic heterocycles. The number of benzene rings is 2. The van der Waals surface area contributed by atoms with Gasteiger partial charge in [0.05, 0.1) is 0 Å². The summed E-state index contributed by atoms with van der Waals surface area (Å²) in [6.45, 7) is 1.05. The highest BCUT2D eigenvalue weighted by Crippen LogP contribution is 2.22. The molecule has 0 saturated carbocycles. The van der Waals surface area contributed by atoms with E-state index in [1.54, 1.807) is 11.0 Å². The Hall–Kier alpha value is -1.91. The van der Waals surface area contributed by atoms with Gasteiger partial charge in [-0.2, -0.15) is 0 Å². The molecule has 3 nitrogen and oxygen atoms in total. The van der Waals surface area contributed by atoms with E-state index in [-0.39, 0.29) is 24.1 Å². The minimum absolute atomic E-state index is 0. The molecule has 0 spiro atoms. The standard InChI is InChI=1S/C17H17FN2O.ClH/c18-15-7-6-12-8-9-20(11-14(12)10-15)17(21)16(19)13-4-2-1-3-5-13;/h1-7,10,16H,8-9,11,19H2;1H. The quantitative estimate of drug-likeness (QED) is 0.925. The van der Waals surface area contributed by atoms with Crippen LogP contribution in [-0.4, -0.2) is 17.4 Å². The molecule has 0 aromatic heterocycles. The van der Waals surface area contributed by atoms with Gasteiger partial charge in [0.15, 0.2) is 0 Å². The normalized spacial score (nSPS) is 14.7. The third-order valence-corrected chi connectivity index (χ3v) is 3.92. The highest BCUT2D eigenvalue weighted by Gasteiger charge is 2.26. The molecule has 1 unspecified atom stereocenters. The number of nitrogens with two attached hydrogens (primary N) is 1. The van der Waals surface area contributed by atoms with Crippen molar-refractivity contribution >= 4 is 18.3 Å². The van der Waals surface area contributed by atoms with Crippen LogP contribution < -0.4 is 5.73 Å². The van der Waals surface area contributed by atoms with E-state index in [2.05, 4.69) is 0 Å². The van der Waals surface area contributed by atoms with Crippen molar-refractivity contribution in [1.29, 1.82) is 0 Å². The summed E-state index contributed by atoms with van der Waals surface area (Å²) in [5.41, 5.74) is 8.83. The second-order valence-corrected chi connectivity index (χ2v) is 5.31. The molecule has 2 aromatic carbocycles. The fourth-order valence-corrected chi connectivity index (χ4v) is 2.71. The van der Waals surface area contributed by atoms with Crippen LogP contribution in [0.4, 0.5) is 4.39 Å². The predicted octanol–water partition coefficient (Wildman–Crippen LogP) is 2.83. The van der Waals surface area contributed by atoms with Crippen LogP contribution in [0.3, 0.4) is 0 Å². The van der Waals surface area contributed by atoms with Crippen molar-refractivity contribution in [2.24, 2.45) is 5.73 Å². The van der Waals surface area contributed by atoms with Crippen LogP contribution >= 0.6 is 12.4 Å². The molecule has 0 fully saturated rings. The SMILES string of the molecule is Cl.NC(C(=O)N1CCc2ccc(F)cc2C1)c1ccccc1. The first kappa shape index (κ1) is 16.5. The topological polar surface area (TPSA) is 46.3 Å². The largest absolute Gasteiger partial charge is 0.336 e. The molecule has 3 rings (SSSR count). The highest BCUT2D eigenvalue weighted by molar-refractivity contribution is 5.85. The van der Waals surface area contributed by atoms with Gasteiger partial charge in [0.1, 0.15) is 11.9 Å². The number of fused-ring (bicyclic) bond motifs is 1. The molecule has 22 heavy (non-hydrogen) atoms. The van der Waals surface area contributed by atoms with Crippen molar-refractivity contribution in [2.75, 3.05) is 6.54 Å². The van der Waals surface area contributed by atoms with Crippen LogP contribution in [0.25, 0.3) is 0 Å². The van der Waals surface area contributed by atoms with Crippen molar-refractivity contribution < 1.29 is 9.18 Å². The summed E-state index contributed by atoms with van der Waals surface area (Å²) in [6.07, 6.45) is 0.739. The average Bonchev–Trinajstić information content (AvgIpc) is 2.53. The molecule has 0 radical (unpaired) electrons. The van der Waals surface area contributed by atoms with Gasteiger partial charge in [-0.15, -0.1) is 12.4 Å². The minimum atomic E-state index is -0.665. The Labute approximate surface area is 135 Å². The molecular formula is C17H18ClFN2O. The zero-order valence-electron chi connectivity index (χ0n) is 12.0. The van der Waals surface area contributed by atoms with Gasteiger partial charge in [-0.3, -0.25) is 4.79 Å². The lowest BCUT2D eigenvalue weighted by Gasteiger charge is -2.31. The monoisotopic (exact) mass is 320 g/mol. The number of carbonyl (C=O) groups excluding carboxylic acids is 1. The van der Waals surface area contributed by atoms with Gasteiger partial charge in [0.2, 0.25) is 5.91 Å². The second kappa shape index (κ2) is 6.90. The Bertz CT molecular complexity index is 663. The van der Waals surface area contributed by atoms with E-state index in [9.17, 15) is 9.18 Å². The van der Waals surface area contributed by atoms with Crippen LogP contribution in [0.5, 0.6) is 0 Å². The Morgan fingerprint density at radius 3 is 2.59 bits per heavy atom. The van der Waals surface area contributed by atoms with E-state index >= 15 is 0 Å². The first-order chi connectivity index (χ1) is 10.1. The van der Waals surface area contributed by atoms with E-state index in [0.29, 0.717) is 13.1 Å². The van der Waals surface area contributed by atoms with Crippen molar-refractivity contribution in [3.05, 3.63) is 71.0 Å². The number of halogens is 2. The van der Waals surface area contributed by atoms with Gasteiger partial charge in [0.25, 0.3) is 0 Å². The van der Waals surface area contributed by atoms with Crippen molar-refractivity contribution in [1.82, 2.24) is 4.90 Å². The Morgan fingerprint density at radius 1 is 1.14 bits per heavy atom. The van der Waals surface area contributed by atoms with E-state index in [4.69, 9.17) is 5.73 Å². The highest BCUT2D eigenvalue weighted by atomic mass is 35.5. The number of hydrogen-bond acceptors (Lipinski definition) is 2. The summed E-state index contributed by atoms with van der Waals surface area (Å²) in [7, 11) is 0. The van der Waals surface area contributed by atoms with E-state index < -0.39 is 6.04 Å². The molecule has 2 N–H and O–H groups in total. The third kappa shape index (κ3) is 3.29. The zero-order valence-corrected chi connectivity index (χ0v) is 12.9. The van der Waals surface area contributed by atoms with E-state index in [0.717, 1.165) is 23.1 Å². The van der Waals surface area contributed by atoms with Crippen molar-refractivity contribution in [2.45, 2.75) is 19.0 Å². The van der Waals surface area contributed by atoms with Crippen LogP contribution in [0.1, 0.15) is 22.7 Å². The number of hydrogen-bond donors (Lipinski definition) is 1. The van der Waals surface area contributed by atoms with Crippen LogP contribution in [0, 0.1) is 5.82 Å². The first-order valence-corrected chi connectivity index (χ1v) is 7.02. The lowest BCUT2D eigenvalue weighted by Crippen LogP contribution is -2.41. The van der Waals surface area contributed by atoms with Crippen molar-refractivity contribution in [3.8, 4) is 0 Å². The summed E-state index contributed by atoms with van der Waals surface area (Å²) < 4.78 is 13.3. The molecule has 0 aliphatic carbocycles. The average molecular weight is 321 g/mol. The zero-order chi connectivity index (χ0) is 14.8. The Kier molecular flexibility index (Phi) is 5.16. The Morgan fingerprint density at radius 2 is 1.86 bits per heavy atom. The molecule has 1 aliphatic rings. The number of nitrogens with zero attached hydrogens (tertiary/aromatic N) is 1. The first-order valence-electron chi connectivity index (χ1n) is 7.02. The maximum Gasteiger partial charge on any atom is 0.244 e. The molecule has 0 saturated heterocycles. The minimum Gasteiger partial charge on any atom is -0.336 e. The van der Waals surface area contributed by atoms with Crippen LogP contribution in [-0.2, 0) is 17.8 Å². The summed E-state index contributed by atoms with van der Waals surface area (Å²) >= 11 is 0. The van der Waals surface area contributed by atoms with Crippen LogP contribution in [0.15, 0.2) is 48.5 Å². The van der Waals surface area contributed by atoms with Gasteiger partial charge in [-0.25, -0.2) is 4.39 Å². The molecular weight excluding hydrogens is 303 g/mol. The molecule has 116 valence electrons. The Balaban J connectivity index is 0.00000176. The lowest BCUT2D eigenvalue weighted by molar-refractivity contribution is -0.133. The summed E-state index contributed by atoms with van der Waals surface area (Å²) in [4.78, 5) is 14.2. The van der Waals surface area contributed by atoms with Gasteiger partial charge < -0.3 is 10.6 Å². The maximum atomic E-state index is 13.3. The van der Waals surface area contributed by atoms with E-state index in [1.807, 2.05) is 30.3 Å². The van der Waals surface area contributed by atoms with Crippen molar-refractivity contribution in [3.63, 3.8) is 0 Å². The van der Waals surface area contributed by atoms with Gasteiger partial charge in [0, 0.05) is 13.1 Å². The summed E-state index contributed by atoms with van der Waals surface area (Å²) in [6, 6.07) is 13.4. The molecule has 2 aromatic rings. The number of amides is 1. The summed E-state index contributed by atoms with van der Waals surface area (Å²) in [5.74, 6) is -0.383. The van der Waals surface area contributed by atoms with Gasteiger partial charge in [-0.05, 0) is 35.2 Å². The lowest BCUT2D eigenvalue weighted by atomic mass is 9.98. The maximum absolute atomic E-state index is 13.3. The molecule has 1 heterocycles. The number of rotatable bonds is 2. The molecule has 1 amide bonds. The number of carbonyl (C=O) groups is 1. The molecule has 0 bridgehead atoms. The fraction of sp³-hybridized carbons (Fsp3) is 0.235. The van der Waals surface area contributed by atoms with Gasteiger partial charge in [-0.1, -0.05) is 36.4 Å². The fourth-order valence-electron chi connectivity index (χ4n) is 2.71.